The molecule has 1 aliphatic heterocycles. The molecule has 1 fully saturated rings. The number of amides is 1. The molecule has 1 atom stereocenters. The van der Waals surface area contributed by atoms with Crippen LogP contribution < -0.4 is 0 Å². The highest BCUT2D eigenvalue weighted by atomic mass is 32.2. The van der Waals surface area contributed by atoms with E-state index >= 15 is 0 Å². The summed E-state index contributed by atoms with van der Waals surface area (Å²) in [5.41, 5.74) is 0.666. The lowest BCUT2D eigenvalue weighted by atomic mass is 10.0. The molecule has 1 aliphatic rings. The third kappa shape index (κ3) is 4.36. The van der Waals surface area contributed by atoms with Crippen LogP contribution in [0.2, 0.25) is 0 Å². The molecule has 0 saturated carbocycles. The van der Waals surface area contributed by atoms with Gasteiger partial charge < -0.3 is 4.90 Å². The van der Waals surface area contributed by atoms with Crippen molar-refractivity contribution in [1.82, 2.24) is 9.21 Å². The van der Waals surface area contributed by atoms with Crippen LogP contribution in [0.15, 0.2) is 59.5 Å². The molecule has 1 saturated heterocycles. The van der Waals surface area contributed by atoms with Gasteiger partial charge in [0, 0.05) is 20.1 Å². The summed E-state index contributed by atoms with van der Waals surface area (Å²) >= 11 is 0. The number of nitrogens with zero attached hydrogens (tertiary/aromatic N) is 2. The van der Waals surface area contributed by atoms with Crippen molar-refractivity contribution in [1.29, 1.82) is 0 Å². The SMILES string of the molecule is CN(Cc1cccc(F)c1)C(=O)C1CCCCN1S(=O)(=O)c1ccccc1. The van der Waals surface area contributed by atoms with Gasteiger partial charge in [0.15, 0.2) is 0 Å². The first-order chi connectivity index (χ1) is 12.9. The zero-order valence-corrected chi connectivity index (χ0v) is 16.0. The molecule has 0 bridgehead atoms. The molecule has 0 aliphatic carbocycles. The Bertz CT molecular complexity index is 902. The summed E-state index contributed by atoms with van der Waals surface area (Å²) in [5.74, 6) is -0.627. The van der Waals surface area contributed by atoms with Gasteiger partial charge in [0.05, 0.1) is 4.90 Å². The summed E-state index contributed by atoms with van der Waals surface area (Å²) in [6, 6.07) is 13.5. The summed E-state index contributed by atoms with van der Waals surface area (Å²) in [7, 11) is -2.12. The van der Waals surface area contributed by atoms with Crippen LogP contribution in [-0.2, 0) is 21.4 Å². The molecule has 5 nitrogen and oxygen atoms in total. The second-order valence-electron chi connectivity index (χ2n) is 6.76. The lowest BCUT2D eigenvalue weighted by molar-refractivity contribution is -0.135. The molecule has 1 unspecified atom stereocenters. The smallest absolute Gasteiger partial charge is 0.243 e. The molecular formula is C20H23FN2O3S. The monoisotopic (exact) mass is 390 g/mol. The fourth-order valence-electron chi connectivity index (χ4n) is 3.41. The van der Waals surface area contributed by atoms with Gasteiger partial charge in [-0.25, -0.2) is 12.8 Å². The van der Waals surface area contributed by atoms with Crippen molar-refractivity contribution in [2.45, 2.75) is 36.7 Å². The topological polar surface area (TPSA) is 57.7 Å². The Balaban J connectivity index is 1.81. The van der Waals surface area contributed by atoms with Crippen LogP contribution in [0.3, 0.4) is 0 Å². The van der Waals surface area contributed by atoms with E-state index in [0.29, 0.717) is 18.5 Å². The minimum absolute atomic E-state index is 0.192. The highest BCUT2D eigenvalue weighted by Gasteiger charge is 2.38. The highest BCUT2D eigenvalue weighted by Crippen LogP contribution is 2.26. The lowest BCUT2D eigenvalue weighted by Crippen LogP contribution is -2.51. The maximum absolute atomic E-state index is 13.4. The van der Waals surface area contributed by atoms with Crippen molar-refractivity contribution in [2.24, 2.45) is 0 Å². The molecule has 0 aromatic heterocycles. The number of halogens is 1. The summed E-state index contributed by atoms with van der Waals surface area (Å²) in [6.45, 7) is 0.549. The minimum atomic E-state index is -3.74. The van der Waals surface area contributed by atoms with Crippen molar-refractivity contribution in [3.63, 3.8) is 0 Å². The quantitative estimate of drug-likeness (QED) is 0.789. The number of hydrogen-bond donors (Lipinski definition) is 0. The fraction of sp³-hybridized carbons (Fsp3) is 0.350. The third-order valence-electron chi connectivity index (χ3n) is 4.77. The number of rotatable bonds is 5. The normalized spacial score (nSPS) is 18.2. The Labute approximate surface area is 159 Å². The van der Waals surface area contributed by atoms with Crippen LogP contribution >= 0.6 is 0 Å². The number of piperidine rings is 1. The molecule has 1 heterocycles. The van der Waals surface area contributed by atoms with Gasteiger partial charge in [0.1, 0.15) is 11.9 Å². The van der Waals surface area contributed by atoms with Crippen LogP contribution in [0, 0.1) is 5.82 Å². The third-order valence-corrected chi connectivity index (χ3v) is 6.70. The lowest BCUT2D eigenvalue weighted by Gasteiger charge is -2.35. The van der Waals surface area contributed by atoms with Crippen LogP contribution in [0.1, 0.15) is 24.8 Å². The van der Waals surface area contributed by atoms with Crippen molar-refractivity contribution in [3.8, 4) is 0 Å². The number of carbonyl (C=O) groups excluding carboxylic acids is 1. The molecule has 0 spiro atoms. The fourth-order valence-corrected chi connectivity index (χ4v) is 5.08. The number of sulfonamides is 1. The molecule has 3 rings (SSSR count). The second kappa shape index (κ2) is 8.19. The molecule has 2 aromatic rings. The van der Waals surface area contributed by atoms with E-state index in [1.807, 2.05) is 0 Å². The zero-order valence-electron chi connectivity index (χ0n) is 15.2. The first-order valence-electron chi connectivity index (χ1n) is 8.96. The average molecular weight is 390 g/mol. The summed E-state index contributed by atoms with van der Waals surface area (Å²) in [4.78, 5) is 14.7. The Morgan fingerprint density at radius 2 is 1.89 bits per heavy atom. The summed E-state index contributed by atoms with van der Waals surface area (Å²) in [6.07, 6.45) is 2.01. The maximum atomic E-state index is 13.4. The van der Waals surface area contributed by atoms with Gasteiger partial charge >= 0.3 is 0 Å². The Kier molecular flexibility index (Phi) is 5.92. The minimum Gasteiger partial charge on any atom is -0.340 e. The standard InChI is InChI=1S/C20H23FN2O3S/c1-22(15-16-8-7-9-17(21)14-16)20(24)19-12-5-6-13-23(19)27(25,26)18-10-3-2-4-11-18/h2-4,7-11,14,19H,5-6,12-13,15H2,1H3. The molecule has 0 radical (unpaired) electrons. The van der Waals surface area contributed by atoms with E-state index < -0.39 is 16.1 Å². The Hall–Kier alpha value is -2.25. The number of benzene rings is 2. The van der Waals surface area contributed by atoms with Crippen molar-refractivity contribution in [3.05, 3.63) is 66.0 Å². The molecular weight excluding hydrogens is 367 g/mol. The van der Waals surface area contributed by atoms with E-state index in [0.717, 1.165) is 12.8 Å². The van der Waals surface area contributed by atoms with Gasteiger partial charge in [-0.2, -0.15) is 4.31 Å². The number of hydrogen-bond acceptors (Lipinski definition) is 3. The van der Waals surface area contributed by atoms with Crippen molar-refractivity contribution in [2.75, 3.05) is 13.6 Å². The Morgan fingerprint density at radius 3 is 2.59 bits per heavy atom. The molecule has 144 valence electrons. The molecule has 1 amide bonds. The van der Waals surface area contributed by atoms with E-state index in [1.165, 1.54) is 21.3 Å². The zero-order chi connectivity index (χ0) is 19.4. The molecule has 2 aromatic carbocycles. The van der Waals surface area contributed by atoms with Gasteiger partial charge in [-0.15, -0.1) is 0 Å². The van der Waals surface area contributed by atoms with Gasteiger partial charge in [0.2, 0.25) is 15.9 Å². The maximum Gasteiger partial charge on any atom is 0.243 e. The Morgan fingerprint density at radius 1 is 1.15 bits per heavy atom. The van der Waals surface area contributed by atoms with Crippen molar-refractivity contribution >= 4 is 15.9 Å². The van der Waals surface area contributed by atoms with Crippen LogP contribution in [0.25, 0.3) is 0 Å². The van der Waals surface area contributed by atoms with Crippen LogP contribution in [0.5, 0.6) is 0 Å². The predicted octanol–water partition coefficient (Wildman–Crippen LogP) is 3.03. The molecule has 27 heavy (non-hydrogen) atoms. The van der Waals surface area contributed by atoms with Crippen LogP contribution in [-0.4, -0.2) is 43.2 Å². The van der Waals surface area contributed by atoms with Gasteiger partial charge in [0.25, 0.3) is 0 Å². The first kappa shape index (κ1) is 19.5. The van der Waals surface area contributed by atoms with Gasteiger partial charge in [-0.05, 0) is 42.7 Å². The van der Waals surface area contributed by atoms with E-state index in [9.17, 15) is 17.6 Å². The second-order valence-corrected chi connectivity index (χ2v) is 8.66. The molecule has 7 heteroatoms. The number of carbonyl (C=O) groups is 1. The predicted molar refractivity (Wildman–Crippen MR) is 101 cm³/mol. The van der Waals surface area contributed by atoms with E-state index in [-0.39, 0.29) is 23.2 Å². The van der Waals surface area contributed by atoms with Gasteiger partial charge in [-0.1, -0.05) is 36.8 Å². The average Bonchev–Trinajstić information content (AvgIpc) is 2.68. The summed E-state index contributed by atoms with van der Waals surface area (Å²) in [5, 5.41) is 0. The van der Waals surface area contributed by atoms with Crippen molar-refractivity contribution < 1.29 is 17.6 Å². The first-order valence-corrected chi connectivity index (χ1v) is 10.4. The van der Waals surface area contributed by atoms with E-state index in [2.05, 4.69) is 0 Å². The van der Waals surface area contributed by atoms with Crippen LogP contribution in [0.4, 0.5) is 4.39 Å². The van der Waals surface area contributed by atoms with Gasteiger partial charge in [-0.3, -0.25) is 4.79 Å². The largest absolute Gasteiger partial charge is 0.340 e. The number of likely N-dealkylation sites (N-methyl/N-ethyl adjacent to an activating group) is 1. The van der Waals surface area contributed by atoms with E-state index in [4.69, 9.17) is 0 Å². The van der Waals surface area contributed by atoms with E-state index in [1.54, 1.807) is 49.5 Å². The molecule has 0 N–H and O–H groups in total. The summed E-state index contributed by atoms with van der Waals surface area (Å²) < 4.78 is 40.8. The highest BCUT2D eigenvalue weighted by molar-refractivity contribution is 7.89.